The molecule has 0 bridgehead atoms. The molecular weight excluding hydrogens is 270 g/mol. The van der Waals surface area contributed by atoms with Gasteiger partial charge in [-0.1, -0.05) is 6.42 Å². The van der Waals surface area contributed by atoms with Gasteiger partial charge in [0.2, 0.25) is 0 Å². The van der Waals surface area contributed by atoms with Crippen molar-refractivity contribution in [3.63, 3.8) is 0 Å². The molecule has 0 aliphatic carbocycles. The van der Waals surface area contributed by atoms with E-state index in [2.05, 4.69) is 15.1 Å². The molecule has 1 aliphatic heterocycles. The second-order valence-corrected chi connectivity index (χ2v) is 5.29. The van der Waals surface area contributed by atoms with Gasteiger partial charge in [-0.25, -0.2) is 5.10 Å². The zero-order valence-corrected chi connectivity index (χ0v) is 12.3. The fourth-order valence-corrected chi connectivity index (χ4v) is 2.46. The van der Waals surface area contributed by atoms with E-state index in [0.717, 1.165) is 45.4 Å². The van der Waals surface area contributed by atoms with Gasteiger partial charge < -0.3 is 10.6 Å². The Morgan fingerprint density at radius 1 is 1.19 bits per heavy atom. The Morgan fingerprint density at radius 2 is 1.95 bits per heavy atom. The van der Waals surface area contributed by atoms with Crippen molar-refractivity contribution >= 4 is 5.91 Å². The van der Waals surface area contributed by atoms with Crippen molar-refractivity contribution in [3.05, 3.63) is 28.2 Å². The molecule has 1 saturated heterocycles. The van der Waals surface area contributed by atoms with Gasteiger partial charge in [0.1, 0.15) is 5.69 Å². The molecule has 0 radical (unpaired) electrons. The Kier molecular flexibility index (Phi) is 5.89. The standard InChI is InChI=1S/C14H23N5O2/c15-6-2-1-3-7-18-8-10-19(11-9-18)14(21)12-4-5-13(20)17-16-12/h4-5H,1-3,6-11,15H2,(H,17,20). The average Bonchev–Trinajstić information content (AvgIpc) is 2.52. The minimum absolute atomic E-state index is 0.117. The summed E-state index contributed by atoms with van der Waals surface area (Å²) in [6.45, 7) is 5.01. The van der Waals surface area contributed by atoms with Crippen LogP contribution >= 0.6 is 0 Å². The average molecular weight is 293 g/mol. The summed E-state index contributed by atoms with van der Waals surface area (Å²) >= 11 is 0. The number of carbonyl (C=O) groups is 1. The molecule has 116 valence electrons. The van der Waals surface area contributed by atoms with E-state index >= 15 is 0 Å². The number of aromatic amines is 1. The Morgan fingerprint density at radius 3 is 2.57 bits per heavy atom. The third kappa shape index (κ3) is 4.64. The Labute approximate surface area is 124 Å². The number of aromatic nitrogens is 2. The van der Waals surface area contributed by atoms with Crippen molar-refractivity contribution in [2.45, 2.75) is 19.3 Å². The van der Waals surface area contributed by atoms with E-state index in [-0.39, 0.29) is 11.5 Å². The van der Waals surface area contributed by atoms with Crippen LogP contribution in [0.5, 0.6) is 0 Å². The summed E-state index contributed by atoms with van der Waals surface area (Å²) in [4.78, 5) is 27.3. The molecule has 1 aromatic rings. The first-order valence-corrected chi connectivity index (χ1v) is 7.48. The maximum Gasteiger partial charge on any atom is 0.274 e. The number of hydrogen-bond acceptors (Lipinski definition) is 5. The molecule has 0 unspecified atom stereocenters. The molecule has 1 fully saturated rings. The molecule has 0 saturated carbocycles. The van der Waals surface area contributed by atoms with Gasteiger partial charge >= 0.3 is 0 Å². The van der Waals surface area contributed by atoms with Crippen molar-refractivity contribution in [2.75, 3.05) is 39.3 Å². The van der Waals surface area contributed by atoms with Crippen molar-refractivity contribution in [1.29, 1.82) is 0 Å². The van der Waals surface area contributed by atoms with E-state index in [1.54, 1.807) is 4.90 Å². The fourth-order valence-electron chi connectivity index (χ4n) is 2.46. The first-order valence-electron chi connectivity index (χ1n) is 7.48. The second-order valence-electron chi connectivity index (χ2n) is 5.29. The van der Waals surface area contributed by atoms with Gasteiger partial charge in [-0.15, -0.1) is 0 Å². The van der Waals surface area contributed by atoms with Crippen LogP contribution < -0.4 is 11.3 Å². The molecular formula is C14H23N5O2. The van der Waals surface area contributed by atoms with Crippen LogP contribution in [0.1, 0.15) is 29.8 Å². The minimum Gasteiger partial charge on any atom is -0.335 e. The highest BCUT2D eigenvalue weighted by Crippen LogP contribution is 2.07. The molecule has 7 heteroatoms. The van der Waals surface area contributed by atoms with Crippen LogP contribution in [0.2, 0.25) is 0 Å². The van der Waals surface area contributed by atoms with Crippen molar-refractivity contribution in [1.82, 2.24) is 20.0 Å². The van der Waals surface area contributed by atoms with E-state index in [4.69, 9.17) is 5.73 Å². The minimum atomic E-state index is -0.297. The highest BCUT2D eigenvalue weighted by Gasteiger charge is 2.22. The van der Waals surface area contributed by atoms with E-state index in [0.29, 0.717) is 18.8 Å². The first kappa shape index (κ1) is 15.7. The summed E-state index contributed by atoms with van der Waals surface area (Å²) < 4.78 is 0. The Bertz CT molecular complexity index is 488. The number of unbranched alkanes of at least 4 members (excludes halogenated alkanes) is 2. The van der Waals surface area contributed by atoms with Gasteiger partial charge in [-0.3, -0.25) is 14.5 Å². The predicted molar refractivity (Wildman–Crippen MR) is 80.1 cm³/mol. The lowest BCUT2D eigenvalue weighted by Crippen LogP contribution is -2.49. The summed E-state index contributed by atoms with van der Waals surface area (Å²) in [7, 11) is 0. The monoisotopic (exact) mass is 293 g/mol. The van der Waals surface area contributed by atoms with Gasteiger partial charge in [-0.2, -0.15) is 5.10 Å². The van der Waals surface area contributed by atoms with Crippen LogP contribution in [0, 0.1) is 0 Å². The number of H-pyrrole nitrogens is 1. The lowest BCUT2D eigenvalue weighted by molar-refractivity contribution is 0.0628. The van der Waals surface area contributed by atoms with Crippen LogP contribution in [0.4, 0.5) is 0 Å². The van der Waals surface area contributed by atoms with Gasteiger partial charge in [0.25, 0.3) is 11.5 Å². The van der Waals surface area contributed by atoms with Gasteiger partial charge in [-0.05, 0) is 32.0 Å². The fraction of sp³-hybridized carbons (Fsp3) is 0.643. The molecule has 7 nitrogen and oxygen atoms in total. The molecule has 1 aliphatic rings. The SMILES string of the molecule is NCCCCCN1CCN(C(=O)c2ccc(=O)[nH]n2)CC1. The predicted octanol–water partition coefficient (Wildman–Crippen LogP) is -0.343. The smallest absolute Gasteiger partial charge is 0.274 e. The molecule has 0 aromatic carbocycles. The normalized spacial score (nSPS) is 16.1. The molecule has 2 heterocycles. The van der Waals surface area contributed by atoms with Crippen molar-refractivity contribution in [2.24, 2.45) is 5.73 Å². The largest absolute Gasteiger partial charge is 0.335 e. The van der Waals surface area contributed by atoms with Crippen LogP contribution in [-0.2, 0) is 0 Å². The molecule has 1 amide bonds. The molecule has 0 atom stereocenters. The van der Waals surface area contributed by atoms with E-state index in [1.165, 1.54) is 12.1 Å². The molecule has 1 aromatic heterocycles. The number of nitrogens with one attached hydrogen (secondary N) is 1. The second kappa shape index (κ2) is 7.90. The number of nitrogens with zero attached hydrogens (tertiary/aromatic N) is 3. The quantitative estimate of drug-likeness (QED) is 0.699. The maximum atomic E-state index is 12.2. The Balaban J connectivity index is 1.76. The van der Waals surface area contributed by atoms with Gasteiger partial charge in [0, 0.05) is 32.2 Å². The number of rotatable bonds is 6. The van der Waals surface area contributed by atoms with E-state index < -0.39 is 0 Å². The lowest BCUT2D eigenvalue weighted by atomic mass is 10.2. The van der Waals surface area contributed by atoms with E-state index in [9.17, 15) is 9.59 Å². The third-order valence-corrected chi connectivity index (χ3v) is 3.74. The van der Waals surface area contributed by atoms with Crippen LogP contribution in [-0.4, -0.2) is 65.2 Å². The van der Waals surface area contributed by atoms with Gasteiger partial charge in [0.15, 0.2) is 0 Å². The molecule has 0 spiro atoms. The number of amides is 1. The number of nitrogens with two attached hydrogens (primary N) is 1. The number of carbonyl (C=O) groups excluding carboxylic acids is 1. The number of piperazine rings is 1. The summed E-state index contributed by atoms with van der Waals surface area (Å²) in [5.41, 5.74) is 5.48. The van der Waals surface area contributed by atoms with Gasteiger partial charge in [0.05, 0.1) is 0 Å². The zero-order valence-electron chi connectivity index (χ0n) is 12.3. The molecule has 21 heavy (non-hydrogen) atoms. The van der Waals surface area contributed by atoms with Crippen LogP contribution in [0.15, 0.2) is 16.9 Å². The molecule has 3 N–H and O–H groups in total. The highest BCUT2D eigenvalue weighted by molar-refractivity contribution is 5.92. The lowest BCUT2D eigenvalue weighted by Gasteiger charge is -2.34. The highest BCUT2D eigenvalue weighted by atomic mass is 16.2. The van der Waals surface area contributed by atoms with E-state index in [1.807, 2.05) is 0 Å². The number of hydrogen-bond donors (Lipinski definition) is 2. The van der Waals surface area contributed by atoms with Crippen LogP contribution in [0.25, 0.3) is 0 Å². The summed E-state index contributed by atoms with van der Waals surface area (Å²) in [6.07, 6.45) is 3.40. The Hall–Kier alpha value is -1.73. The van der Waals surface area contributed by atoms with Crippen molar-refractivity contribution in [3.8, 4) is 0 Å². The summed E-state index contributed by atoms with van der Waals surface area (Å²) in [5, 5.41) is 6.08. The third-order valence-electron chi connectivity index (χ3n) is 3.74. The summed E-state index contributed by atoms with van der Waals surface area (Å²) in [6, 6.07) is 2.80. The topological polar surface area (TPSA) is 95.3 Å². The maximum absolute atomic E-state index is 12.2. The van der Waals surface area contributed by atoms with Crippen LogP contribution in [0.3, 0.4) is 0 Å². The zero-order chi connectivity index (χ0) is 15.1. The first-order chi connectivity index (χ1) is 10.2. The van der Waals surface area contributed by atoms with Crippen molar-refractivity contribution < 1.29 is 4.79 Å². The summed E-state index contributed by atoms with van der Waals surface area (Å²) in [5.74, 6) is -0.117. The molecule has 2 rings (SSSR count).